The maximum Gasteiger partial charge on any atom is 0.321 e. The Hall–Kier alpha value is -3.80. The number of carboxylic acid groups (broad SMARTS) is 2. The number of benzene rings is 2. The van der Waals surface area contributed by atoms with Crippen molar-refractivity contribution in [2.75, 3.05) is 21.3 Å². The second kappa shape index (κ2) is 12.6. The third-order valence-corrected chi connectivity index (χ3v) is 7.67. The highest BCUT2D eigenvalue weighted by Gasteiger charge is 2.33. The number of ether oxygens (including phenoxy) is 2. The molecule has 214 valence electrons. The second-order valence-corrected chi connectivity index (χ2v) is 10.4. The van der Waals surface area contributed by atoms with Crippen molar-refractivity contribution in [2.24, 2.45) is 0 Å². The minimum atomic E-state index is -1.01. The van der Waals surface area contributed by atoms with Crippen molar-refractivity contribution in [1.82, 2.24) is 14.7 Å². The number of aldehydes is 2. The van der Waals surface area contributed by atoms with Crippen molar-refractivity contribution in [3.05, 3.63) is 57.6 Å². The Balaban J connectivity index is 1.50. The number of carbonyl (C=O) groups excluding carboxylic acids is 2. The molecule has 2 aromatic carbocycles. The Kier molecular flexibility index (Phi) is 9.18. The van der Waals surface area contributed by atoms with Crippen LogP contribution in [0.15, 0.2) is 24.3 Å². The molecule has 2 aliphatic rings. The summed E-state index contributed by atoms with van der Waals surface area (Å²) in [6, 6.07) is 6.24. The van der Waals surface area contributed by atoms with Gasteiger partial charge in [0.1, 0.15) is 36.2 Å². The van der Waals surface area contributed by atoms with Gasteiger partial charge in [-0.3, -0.25) is 24.3 Å². The summed E-state index contributed by atoms with van der Waals surface area (Å²) in [5.74, 6) is -0.608. The second-order valence-electron chi connectivity index (χ2n) is 10.4. The first-order valence-corrected chi connectivity index (χ1v) is 13.1. The first kappa shape index (κ1) is 29.2. The maximum absolute atomic E-state index is 11.7. The van der Waals surface area contributed by atoms with E-state index in [4.69, 9.17) is 9.47 Å². The fourth-order valence-corrected chi connectivity index (χ4v) is 5.71. The zero-order valence-corrected chi connectivity index (χ0v) is 23.0. The van der Waals surface area contributed by atoms with Gasteiger partial charge in [-0.15, -0.1) is 0 Å². The molecular weight excluding hydrogens is 518 g/mol. The highest BCUT2D eigenvalue weighted by atomic mass is 16.5. The molecule has 0 radical (unpaired) electrons. The summed E-state index contributed by atoms with van der Waals surface area (Å²) in [7, 11) is 5.19. The van der Waals surface area contributed by atoms with Crippen molar-refractivity contribution >= 4 is 24.5 Å². The highest BCUT2D eigenvalue weighted by Crippen LogP contribution is 2.35. The SMILES string of the molecule is COc1cc2c(cc1CN(C)Cc1cc3c(cc1OC)CN(C(CC=O)C(=O)O)C3)CN(C(CC=O)C(=O)O)C2. The van der Waals surface area contributed by atoms with Crippen molar-refractivity contribution in [3.63, 3.8) is 0 Å². The number of rotatable bonds is 14. The Morgan fingerprint density at radius 2 is 1.12 bits per heavy atom. The molecule has 40 heavy (non-hydrogen) atoms. The van der Waals surface area contributed by atoms with Crippen LogP contribution in [0, 0.1) is 0 Å². The number of carboxylic acids is 2. The molecule has 11 nitrogen and oxygen atoms in total. The molecule has 2 aliphatic heterocycles. The first-order chi connectivity index (χ1) is 19.2. The van der Waals surface area contributed by atoms with Crippen molar-refractivity contribution in [2.45, 2.75) is 64.2 Å². The fourth-order valence-electron chi connectivity index (χ4n) is 5.71. The Labute approximate surface area is 232 Å². The monoisotopic (exact) mass is 553 g/mol. The number of carbonyl (C=O) groups is 4. The molecule has 0 aromatic heterocycles. The van der Waals surface area contributed by atoms with Crippen LogP contribution in [-0.4, -0.2) is 82.8 Å². The molecule has 2 unspecified atom stereocenters. The first-order valence-electron chi connectivity index (χ1n) is 13.1. The van der Waals surface area contributed by atoms with Crippen LogP contribution < -0.4 is 9.47 Å². The predicted octanol–water partition coefficient (Wildman–Crippen LogP) is 2.05. The van der Waals surface area contributed by atoms with Gasteiger partial charge in [0, 0.05) is 63.2 Å². The molecule has 0 aliphatic carbocycles. The van der Waals surface area contributed by atoms with Crippen LogP contribution in [-0.2, 0) is 58.4 Å². The van der Waals surface area contributed by atoms with Gasteiger partial charge in [-0.05, 0) is 53.6 Å². The molecule has 2 atom stereocenters. The molecule has 2 aromatic rings. The zero-order chi connectivity index (χ0) is 29.0. The summed E-state index contributed by atoms with van der Waals surface area (Å²) in [6.45, 7) is 2.87. The highest BCUT2D eigenvalue weighted by molar-refractivity contribution is 5.77. The molecule has 2 heterocycles. The van der Waals surface area contributed by atoms with Crippen LogP contribution in [0.3, 0.4) is 0 Å². The number of nitrogens with zero attached hydrogens (tertiary/aromatic N) is 3. The number of methoxy groups -OCH3 is 2. The van der Waals surface area contributed by atoms with Gasteiger partial charge in [-0.1, -0.05) is 0 Å². The molecule has 0 saturated heterocycles. The maximum atomic E-state index is 11.7. The molecule has 2 N–H and O–H groups in total. The molecular formula is C29H35N3O8. The van der Waals surface area contributed by atoms with Crippen molar-refractivity contribution < 1.29 is 38.9 Å². The molecule has 0 bridgehead atoms. The molecule has 0 spiro atoms. The van der Waals surface area contributed by atoms with Gasteiger partial charge in [0.05, 0.1) is 14.2 Å². The van der Waals surface area contributed by atoms with E-state index >= 15 is 0 Å². The zero-order valence-electron chi connectivity index (χ0n) is 23.0. The lowest BCUT2D eigenvalue weighted by Crippen LogP contribution is -2.37. The number of hydrogen-bond donors (Lipinski definition) is 2. The van der Waals surface area contributed by atoms with Crippen LogP contribution in [0.5, 0.6) is 11.5 Å². The summed E-state index contributed by atoms with van der Waals surface area (Å²) in [5.41, 5.74) is 5.91. The smallest absolute Gasteiger partial charge is 0.321 e. The van der Waals surface area contributed by atoms with Crippen molar-refractivity contribution in [3.8, 4) is 11.5 Å². The Bertz CT molecular complexity index is 1200. The third-order valence-electron chi connectivity index (χ3n) is 7.67. The lowest BCUT2D eigenvalue weighted by atomic mass is 10.0. The van der Waals surface area contributed by atoms with Gasteiger partial charge in [0.25, 0.3) is 0 Å². The van der Waals surface area contributed by atoms with E-state index < -0.39 is 24.0 Å². The normalized spacial score (nSPS) is 16.3. The van der Waals surface area contributed by atoms with Crippen LogP contribution >= 0.6 is 0 Å². The third kappa shape index (κ3) is 6.16. The summed E-state index contributed by atoms with van der Waals surface area (Å²) in [4.78, 5) is 51.1. The molecule has 0 fully saturated rings. The molecule has 4 rings (SSSR count). The number of fused-ring (bicyclic) bond motifs is 2. The number of hydrogen-bond acceptors (Lipinski definition) is 9. The van der Waals surface area contributed by atoms with Crippen LogP contribution in [0.4, 0.5) is 0 Å². The van der Waals surface area contributed by atoms with E-state index in [9.17, 15) is 29.4 Å². The summed E-state index contributed by atoms with van der Waals surface area (Å²) in [6.07, 6.45) is 1.15. The summed E-state index contributed by atoms with van der Waals surface area (Å²) < 4.78 is 11.3. The van der Waals surface area contributed by atoms with Crippen LogP contribution in [0.2, 0.25) is 0 Å². The van der Waals surface area contributed by atoms with Crippen molar-refractivity contribution in [1.29, 1.82) is 0 Å². The van der Waals surface area contributed by atoms with Crippen LogP contribution in [0.25, 0.3) is 0 Å². The lowest BCUT2D eigenvalue weighted by Gasteiger charge is -2.21. The molecule has 11 heteroatoms. The number of aliphatic carboxylic acids is 2. The largest absolute Gasteiger partial charge is 0.496 e. The lowest BCUT2D eigenvalue weighted by molar-refractivity contribution is -0.145. The minimum absolute atomic E-state index is 0.0650. The molecule has 0 amide bonds. The molecule has 0 saturated carbocycles. The minimum Gasteiger partial charge on any atom is -0.496 e. The van der Waals surface area contributed by atoms with E-state index in [1.54, 1.807) is 24.0 Å². The van der Waals surface area contributed by atoms with Gasteiger partial charge >= 0.3 is 11.9 Å². The summed E-state index contributed by atoms with van der Waals surface area (Å²) in [5, 5.41) is 19.1. The van der Waals surface area contributed by atoms with Gasteiger partial charge in [0.15, 0.2) is 0 Å². The van der Waals surface area contributed by atoms with Crippen LogP contribution in [0.1, 0.15) is 46.2 Å². The van der Waals surface area contributed by atoms with E-state index in [-0.39, 0.29) is 12.8 Å². The van der Waals surface area contributed by atoms with Gasteiger partial charge in [0.2, 0.25) is 0 Å². The predicted molar refractivity (Wildman–Crippen MR) is 144 cm³/mol. The van der Waals surface area contributed by atoms with Gasteiger partial charge in [-0.2, -0.15) is 0 Å². The van der Waals surface area contributed by atoms with E-state index in [0.29, 0.717) is 63.3 Å². The standard InChI is InChI=1S/C29H35N3O8/c1-30(12-22-8-18-14-31(24(4-6-33)28(35)36)16-20(18)10-26(22)39-2)13-23-9-19-15-32(25(5-7-34)29(37)38)17-21(19)11-27(23)40-3/h6-11,24-25H,4-5,12-17H2,1-3H3,(H,35,36)(H,37,38). The average Bonchev–Trinajstić information content (AvgIpc) is 3.51. The van der Waals surface area contributed by atoms with Gasteiger partial charge < -0.3 is 29.3 Å². The topological polar surface area (TPSA) is 137 Å². The quantitative estimate of drug-likeness (QED) is 0.333. The van der Waals surface area contributed by atoms with E-state index in [0.717, 1.165) is 33.4 Å². The summed E-state index contributed by atoms with van der Waals surface area (Å²) >= 11 is 0. The Morgan fingerprint density at radius 3 is 1.43 bits per heavy atom. The van der Waals surface area contributed by atoms with E-state index in [1.807, 2.05) is 31.3 Å². The van der Waals surface area contributed by atoms with E-state index in [2.05, 4.69) is 4.90 Å². The fraction of sp³-hybridized carbons (Fsp3) is 0.448. The van der Waals surface area contributed by atoms with E-state index in [1.165, 1.54) is 0 Å². The Morgan fingerprint density at radius 1 is 0.775 bits per heavy atom. The van der Waals surface area contributed by atoms with Gasteiger partial charge in [-0.25, -0.2) is 0 Å². The average molecular weight is 554 g/mol.